The van der Waals surface area contributed by atoms with Gasteiger partial charge in [0.1, 0.15) is 12.1 Å². The highest BCUT2D eigenvalue weighted by molar-refractivity contribution is 7.10. The fourth-order valence-electron chi connectivity index (χ4n) is 9.91. The number of methoxy groups -OCH3 is 1. The zero-order chi connectivity index (χ0) is 48.1. The average molecular weight is 937 g/mol. The van der Waals surface area contributed by atoms with Crippen LogP contribution < -0.4 is 10.7 Å². The smallest absolute Gasteiger partial charge is 0.355 e. The van der Waals surface area contributed by atoms with Crippen LogP contribution in [-0.4, -0.2) is 126 Å². The normalized spacial score (nSPS) is 21.2. The Balaban J connectivity index is 1.15. The number of urea groups is 1. The second kappa shape index (κ2) is 18.8. The Labute approximate surface area is 395 Å². The monoisotopic (exact) mass is 936 g/mol. The van der Waals surface area contributed by atoms with Crippen LogP contribution in [0.1, 0.15) is 94.2 Å². The number of benzene rings is 1. The summed E-state index contributed by atoms with van der Waals surface area (Å²) in [7, 11) is 3.28. The quantitative estimate of drug-likeness (QED) is 0.148. The Morgan fingerprint density at radius 3 is 2.58 bits per heavy atom. The molecule has 67 heavy (non-hydrogen) atoms. The number of likely N-dealkylation sites (tertiary alicyclic amines) is 1. The van der Waals surface area contributed by atoms with Gasteiger partial charge in [0.15, 0.2) is 0 Å². The molecule has 5 aromatic rings. The summed E-state index contributed by atoms with van der Waals surface area (Å²) in [6, 6.07) is 9.92. The third-order valence-electron chi connectivity index (χ3n) is 13.4. The van der Waals surface area contributed by atoms with E-state index in [2.05, 4.69) is 51.6 Å². The standard InChI is InChI=1S/C49H64N10O7S/c1-11-57-39-16-15-32-21-35(39)36(43(57)34-14-12-18-50-41(34)31(6)65-10)23-48(7,8)27-66-46(62)49(64)17-13-19-58(54-49)45(61)37(22-40-51-38(32)26-67-40)52-44(60)42(28(2)3)55(9)47(63)56-24-33(25-56)59-30(5)20-29(4)53-59/h12,14-16,18,20-21,26,28,31,33,37,42,54,64H,11,13,17,19,22-25,27H2,1-10H3,(H,52,60)/t31-,37-,42-,49-/m0/s1. The van der Waals surface area contributed by atoms with Crippen LogP contribution in [0.5, 0.6) is 0 Å². The van der Waals surface area contributed by atoms with Crippen molar-refractivity contribution in [1.29, 1.82) is 0 Å². The minimum absolute atomic E-state index is 0.000544. The van der Waals surface area contributed by atoms with Crippen LogP contribution in [0, 0.1) is 25.2 Å². The first-order valence-corrected chi connectivity index (χ1v) is 24.1. The number of hydrogen-bond donors (Lipinski definition) is 3. The molecule has 4 atom stereocenters. The minimum atomic E-state index is -2.22. The molecule has 8 rings (SSSR count). The largest absolute Gasteiger partial charge is 0.462 e. The van der Waals surface area contributed by atoms with Crippen LogP contribution in [-0.2, 0) is 43.2 Å². The Morgan fingerprint density at radius 2 is 1.90 bits per heavy atom. The number of pyridine rings is 1. The first-order valence-electron chi connectivity index (χ1n) is 23.2. The predicted molar refractivity (Wildman–Crippen MR) is 255 cm³/mol. The second-order valence-corrected chi connectivity index (χ2v) is 20.4. The molecule has 3 aliphatic heterocycles. The van der Waals surface area contributed by atoms with Crippen LogP contribution in [0.25, 0.3) is 33.4 Å². The number of hydrogen-bond acceptors (Lipinski definition) is 12. The molecule has 0 aliphatic carbocycles. The van der Waals surface area contributed by atoms with E-state index >= 15 is 0 Å². The first-order chi connectivity index (χ1) is 31.8. The van der Waals surface area contributed by atoms with Crippen LogP contribution in [0.2, 0.25) is 0 Å². The third kappa shape index (κ3) is 9.32. The number of fused-ring (bicyclic) bond motifs is 6. The molecule has 0 saturated carbocycles. The molecule has 2 saturated heterocycles. The number of rotatable bonds is 9. The highest BCUT2D eigenvalue weighted by Crippen LogP contribution is 2.42. The van der Waals surface area contributed by atoms with E-state index in [4.69, 9.17) is 19.4 Å². The van der Waals surface area contributed by atoms with E-state index in [1.54, 1.807) is 25.3 Å². The van der Waals surface area contributed by atoms with Crippen molar-refractivity contribution in [3.63, 3.8) is 0 Å². The number of aromatic nitrogens is 5. The number of amides is 4. The number of cyclic esters (lactones) is 1. The van der Waals surface area contributed by atoms with E-state index in [9.17, 15) is 24.3 Å². The van der Waals surface area contributed by atoms with Crippen LogP contribution in [0.4, 0.5) is 4.79 Å². The Kier molecular flexibility index (Phi) is 13.4. The van der Waals surface area contributed by atoms with Gasteiger partial charge in [-0.3, -0.25) is 24.3 Å². The Morgan fingerprint density at radius 1 is 1.13 bits per heavy atom. The van der Waals surface area contributed by atoms with Crippen molar-refractivity contribution in [2.75, 3.05) is 40.4 Å². The molecule has 0 unspecified atom stereocenters. The molecule has 1 aromatic carbocycles. The van der Waals surface area contributed by atoms with Crippen molar-refractivity contribution in [2.45, 2.75) is 118 Å². The Hall–Kier alpha value is -5.69. The number of carbonyl (C=O) groups excluding carboxylic acids is 4. The van der Waals surface area contributed by atoms with Crippen molar-refractivity contribution in [1.82, 2.24) is 49.9 Å². The zero-order valence-corrected chi connectivity index (χ0v) is 41.1. The van der Waals surface area contributed by atoms with E-state index < -0.39 is 41.0 Å². The first kappa shape index (κ1) is 47.8. The summed E-state index contributed by atoms with van der Waals surface area (Å²) in [5, 5.41) is 24.2. The molecule has 3 aliphatic rings. The van der Waals surface area contributed by atoms with Crippen molar-refractivity contribution in [2.24, 2.45) is 11.3 Å². The summed E-state index contributed by atoms with van der Waals surface area (Å²) >= 11 is 1.37. The summed E-state index contributed by atoms with van der Waals surface area (Å²) in [4.78, 5) is 70.0. The zero-order valence-electron chi connectivity index (χ0n) is 40.3. The lowest BCUT2D eigenvalue weighted by molar-refractivity contribution is -0.189. The lowest BCUT2D eigenvalue weighted by atomic mass is 9.84. The average Bonchev–Trinajstić information content (AvgIpc) is 3.97. The number of nitrogens with one attached hydrogen (secondary N) is 2. The number of aryl methyl sites for hydroxylation is 3. The van der Waals surface area contributed by atoms with E-state index in [0.717, 1.165) is 50.4 Å². The second-order valence-electron chi connectivity index (χ2n) is 19.5. The summed E-state index contributed by atoms with van der Waals surface area (Å²) < 4.78 is 16.0. The van der Waals surface area contributed by atoms with Crippen molar-refractivity contribution in [3.8, 4) is 22.5 Å². The molecule has 7 heterocycles. The topological polar surface area (TPSA) is 189 Å². The summed E-state index contributed by atoms with van der Waals surface area (Å²) in [5.41, 5.74) is 8.26. The molecule has 0 spiro atoms. The lowest BCUT2D eigenvalue weighted by Gasteiger charge is -2.43. The number of likely N-dealkylation sites (N-methyl/N-ethyl adjacent to an activating group) is 1. The van der Waals surface area contributed by atoms with E-state index in [0.29, 0.717) is 36.8 Å². The molecule has 4 amide bonds. The molecule has 6 bridgehead atoms. The van der Waals surface area contributed by atoms with Gasteiger partial charge in [0.05, 0.1) is 46.5 Å². The third-order valence-corrected chi connectivity index (χ3v) is 14.3. The molecule has 358 valence electrons. The van der Waals surface area contributed by atoms with Crippen LogP contribution >= 0.6 is 11.3 Å². The maximum absolute atomic E-state index is 14.7. The maximum atomic E-state index is 14.7. The fraction of sp³-hybridized carbons (Fsp3) is 0.531. The van der Waals surface area contributed by atoms with Crippen molar-refractivity contribution in [3.05, 3.63) is 75.6 Å². The molecule has 2 fully saturated rings. The molecule has 4 aromatic heterocycles. The fourth-order valence-corrected chi connectivity index (χ4v) is 10.8. The van der Waals surface area contributed by atoms with Gasteiger partial charge < -0.3 is 34.3 Å². The lowest BCUT2D eigenvalue weighted by Crippen LogP contribution is -2.67. The van der Waals surface area contributed by atoms with Crippen molar-refractivity contribution < 1.29 is 33.8 Å². The molecular formula is C49H64N10O7S. The van der Waals surface area contributed by atoms with Gasteiger partial charge in [-0.2, -0.15) is 10.5 Å². The number of nitrogens with zero attached hydrogens (tertiary/aromatic N) is 8. The van der Waals surface area contributed by atoms with Crippen LogP contribution in [0.3, 0.4) is 0 Å². The van der Waals surface area contributed by atoms with E-state index in [1.807, 2.05) is 70.7 Å². The predicted octanol–water partition coefficient (Wildman–Crippen LogP) is 5.97. The molecule has 18 heteroatoms. The van der Waals surface area contributed by atoms with Gasteiger partial charge in [-0.05, 0) is 82.3 Å². The Bertz CT molecular complexity index is 2680. The highest BCUT2D eigenvalue weighted by atomic mass is 32.1. The highest BCUT2D eigenvalue weighted by Gasteiger charge is 2.46. The summed E-state index contributed by atoms with van der Waals surface area (Å²) in [5.74, 6) is -2.31. The number of esters is 1. The van der Waals surface area contributed by atoms with E-state index in [-0.39, 0.29) is 56.5 Å². The molecule has 17 nitrogen and oxygen atoms in total. The number of thiazole rings is 1. The minimum Gasteiger partial charge on any atom is -0.462 e. The van der Waals surface area contributed by atoms with Gasteiger partial charge in [0, 0.05) is 97.9 Å². The van der Waals surface area contributed by atoms with Gasteiger partial charge >= 0.3 is 12.0 Å². The molecule has 0 radical (unpaired) electrons. The maximum Gasteiger partial charge on any atom is 0.355 e. The number of aliphatic hydroxyl groups is 1. The van der Waals surface area contributed by atoms with Crippen LogP contribution in [0.15, 0.2) is 48.0 Å². The number of carbonyl (C=O) groups is 4. The van der Waals surface area contributed by atoms with Gasteiger partial charge in [-0.15, -0.1) is 11.3 Å². The summed E-state index contributed by atoms with van der Waals surface area (Å²) in [6.45, 7) is 17.5. The number of ether oxygens (including phenoxy) is 2. The number of hydrazine groups is 1. The van der Waals surface area contributed by atoms with Crippen molar-refractivity contribution >= 4 is 46.1 Å². The summed E-state index contributed by atoms with van der Waals surface area (Å²) in [6.07, 6.45) is 2.28. The molecule has 3 N–H and O–H groups in total. The van der Waals surface area contributed by atoms with Gasteiger partial charge in [-0.1, -0.05) is 33.8 Å². The van der Waals surface area contributed by atoms with Gasteiger partial charge in [0.25, 0.3) is 5.91 Å². The SMILES string of the molecule is CCn1c(-c2cccnc2[C@H](C)OC)c2c3cc(ccc31)-c1csc(n1)C[C@H](NC(=O)[C@H](C(C)C)N(C)C(=O)N1CC(n3nc(C)cc3C)C1)C(=O)N1CCC[C@@](O)(N1)C(=O)OCC(C)(C)C2. The van der Waals surface area contributed by atoms with Gasteiger partial charge in [0.2, 0.25) is 11.6 Å². The van der Waals surface area contributed by atoms with Gasteiger partial charge in [-0.25, -0.2) is 14.6 Å². The van der Waals surface area contributed by atoms with E-state index in [1.165, 1.54) is 21.2 Å². The molecular weight excluding hydrogens is 873 g/mol.